The Bertz CT molecular complexity index is 834. The molecule has 0 saturated carbocycles. The Kier molecular flexibility index (Phi) is 4.20. The van der Waals surface area contributed by atoms with E-state index in [1.807, 2.05) is 0 Å². The number of alkyl halides is 3. The van der Waals surface area contributed by atoms with E-state index in [1.54, 1.807) is 18.2 Å². The Balaban J connectivity index is 1.94. The van der Waals surface area contributed by atoms with Crippen molar-refractivity contribution in [1.29, 1.82) is 0 Å². The first-order valence-corrected chi connectivity index (χ1v) is 7.41. The Labute approximate surface area is 142 Å². The second-order valence-electron chi connectivity index (χ2n) is 5.64. The van der Waals surface area contributed by atoms with Gasteiger partial charge in [-0.25, -0.2) is 0 Å². The van der Waals surface area contributed by atoms with E-state index in [1.165, 1.54) is 13.2 Å². The van der Waals surface area contributed by atoms with Gasteiger partial charge in [0.05, 0.1) is 12.7 Å². The van der Waals surface area contributed by atoms with Crippen LogP contribution in [0.3, 0.4) is 0 Å². The minimum Gasteiger partial charge on any atom is -0.497 e. The minimum atomic E-state index is -4.39. The zero-order valence-corrected chi connectivity index (χ0v) is 13.3. The summed E-state index contributed by atoms with van der Waals surface area (Å²) in [6, 6.07) is 8.61. The lowest BCUT2D eigenvalue weighted by Crippen LogP contribution is -2.16. The standard InChI is InChI=1S/C17H16F3N3O2/c1-24-13-6-9(4-11(7-13)16(21)23-22)15-8-10-5-12(17(18,19)20)2-3-14(10)25-15/h2-7,15H,8,22H2,1H3,(H2,21,23). The molecule has 1 aliphatic rings. The molecule has 0 aromatic heterocycles. The quantitative estimate of drug-likeness (QED) is 0.385. The SMILES string of the molecule is COc1cc(/C(N)=N/N)cc(C2Cc3cc(C(F)(F)F)ccc3O2)c1. The largest absolute Gasteiger partial charge is 0.497 e. The number of ether oxygens (including phenoxy) is 2. The van der Waals surface area contributed by atoms with E-state index in [9.17, 15) is 13.2 Å². The molecule has 0 fully saturated rings. The summed E-state index contributed by atoms with van der Waals surface area (Å²) in [5, 5.41) is 3.45. The molecule has 0 radical (unpaired) electrons. The lowest BCUT2D eigenvalue weighted by molar-refractivity contribution is -0.137. The van der Waals surface area contributed by atoms with Crippen LogP contribution in [0.5, 0.6) is 11.5 Å². The highest BCUT2D eigenvalue weighted by molar-refractivity contribution is 5.97. The highest BCUT2D eigenvalue weighted by atomic mass is 19.4. The molecule has 0 bridgehead atoms. The van der Waals surface area contributed by atoms with Gasteiger partial charge in [-0.15, -0.1) is 0 Å². The molecule has 0 aliphatic carbocycles. The first-order valence-electron chi connectivity index (χ1n) is 7.41. The summed E-state index contributed by atoms with van der Waals surface area (Å²) in [6.07, 6.45) is -4.52. The number of benzene rings is 2. The van der Waals surface area contributed by atoms with Gasteiger partial charge in [-0.1, -0.05) is 0 Å². The number of nitrogens with zero attached hydrogens (tertiary/aromatic N) is 1. The normalized spacial score (nSPS) is 17.1. The van der Waals surface area contributed by atoms with Gasteiger partial charge in [0.15, 0.2) is 0 Å². The maximum atomic E-state index is 12.9. The molecule has 5 nitrogen and oxygen atoms in total. The number of rotatable bonds is 3. The molecular formula is C17H16F3N3O2. The number of nitrogens with two attached hydrogens (primary N) is 2. The average Bonchev–Trinajstić information content (AvgIpc) is 3.03. The predicted molar refractivity (Wildman–Crippen MR) is 86.4 cm³/mol. The third-order valence-electron chi connectivity index (χ3n) is 4.03. The zero-order valence-electron chi connectivity index (χ0n) is 13.3. The molecule has 1 unspecified atom stereocenters. The van der Waals surface area contributed by atoms with Crippen molar-refractivity contribution in [3.63, 3.8) is 0 Å². The van der Waals surface area contributed by atoms with E-state index >= 15 is 0 Å². The van der Waals surface area contributed by atoms with Crippen LogP contribution >= 0.6 is 0 Å². The first kappa shape index (κ1) is 16.9. The van der Waals surface area contributed by atoms with E-state index < -0.39 is 17.8 Å². The van der Waals surface area contributed by atoms with Gasteiger partial charge in [0.25, 0.3) is 0 Å². The Morgan fingerprint density at radius 2 is 2.00 bits per heavy atom. The van der Waals surface area contributed by atoms with Crippen molar-refractivity contribution in [2.75, 3.05) is 7.11 Å². The zero-order chi connectivity index (χ0) is 18.2. The summed E-state index contributed by atoms with van der Waals surface area (Å²) in [5.41, 5.74) is 6.81. The molecule has 3 rings (SSSR count). The summed E-state index contributed by atoms with van der Waals surface area (Å²) in [6.45, 7) is 0. The molecule has 0 saturated heterocycles. The number of hydrazone groups is 1. The van der Waals surface area contributed by atoms with Gasteiger partial charge in [0.2, 0.25) is 0 Å². The van der Waals surface area contributed by atoms with Gasteiger partial charge >= 0.3 is 6.18 Å². The van der Waals surface area contributed by atoms with E-state index in [2.05, 4.69) is 5.10 Å². The molecular weight excluding hydrogens is 335 g/mol. The summed E-state index contributed by atoms with van der Waals surface area (Å²) in [4.78, 5) is 0. The van der Waals surface area contributed by atoms with Crippen LogP contribution in [0.4, 0.5) is 13.2 Å². The monoisotopic (exact) mass is 351 g/mol. The number of hydrogen-bond acceptors (Lipinski definition) is 4. The van der Waals surface area contributed by atoms with Crippen LogP contribution in [0, 0.1) is 0 Å². The van der Waals surface area contributed by atoms with Crippen LogP contribution in [0.25, 0.3) is 0 Å². The lowest BCUT2D eigenvalue weighted by atomic mass is 10.00. The molecule has 132 valence electrons. The highest BCUT2D eigenvalue weighted by Crippen LogP contribution is 2.41. The number of amidine groups is 1. The predicted octanol–water partition coefficient (Wildman–Crippen LogP) is 2.97. The first-order chi connectivity index (χ1) is 11.8. The van der Waals surface area contributed by atoms with Gasteiger partial charge in [0, 0.05) is 12.0 Å². The van der Waals surface area contributed by atoms with Crippen LogP contribution in [-0.2, 0) is 12.6 Å². The van der Waals surface area contributed by atoms with Crippen molar-refractivity contribution in [1.82, 2.24) is 0 Å². The van der Waals surface area contributed by atoms with Crippen molar-refractivity contribution < 1.29 is 22.6 Å². The van der Waals surface area contributed by atoms with Crippen LogP contribution in [-0.4, -0.2) is 12.9 Å². The second-order valence-corrected chi connectivity index (χ2v) is 5.64. The van der Waals surface area contributed by atoms with Gasteiger partial charge < -0.3 is 21.1 Å². The van der Waals surface area contributed by atoms with Crippen LogP contribution in [0.15, 0.2) is 41.5 Å². The molecule has 8 heteroatoms. The van der Waals surface area contributed by atoms with Crippen LogP contribution in [0.2, 0.25) is 0 Å². The summed E-state index contributed by atoms with van der Waals surface area (Å²) in [5.74, 6) is 6.29. The van der Waals surface area contributed by atoms with Gasteiger partial charge in [-0.3, -0.25) is 0 Å². The molecule has 2 aromatic rings. The smallest absolute Gasteiger partial charge is 0.416 e. The van der Waals surface area contributed by atoms with Gasteiger partial charge in [-0.05, 0) is 47.5 Å². The number of fused-ring (bicyclic) bond motifs is 1. The van der Waals surface area contributed by atoms with E-state index in [4.69, 9.17) is 21.1 Å². The van der Waals surface area contributed by atoms with Crippen molar-refractivity contribution in [2.24, 2.45) is 16.7 Å². The fourth-order valence-electron chi connectivity index (χ4n) is 2.76. The van der Waals surface area contributed by atoms with Crippen molar-refractivity contribution in [2.45, 2.75) is 18.7 Å². The molecule has 1 aliphatic heterocycles. The molecule has 25 heavy (non-hydrogen) atoms. The molecule has 0 amide bonds. The van der Waals surface area contributed by atoms with E-state index in [0.29, 0.717) is 34.6 Å². The molecule has 2 aromatic carbocycles. The highest BCUT2D eigenvalue weighted by Gasteiger charge is 2.33. The Morgan fingerprint density at radius 1 is 1.24 bits per heavy atom. The van der Waals surface area contributed by atoms with E-state index in [0.717, 1.165) is 12.1 Å². The lowest BCUT2D eigenvalue weighted by Gasteiger charge is -2.14. The number of halogens is 3. The van der Waals surface area contributed by atoms with Crippen LogP contribution < -0.4 is 21.1 Å². The van der Waals surface area contributed by atoms with Crippen molar-refractivity contribution >= 4 is 5.84 Å². The van der Waals surface area contributed by atoms with Crippen LogP contribution in [0.1, 0.15) is 28.4 Å². The Morgan fingerprint density at radius 3 is 2.64 bits per heavy atom. The second kappa shape index (κ2) is 6.19. The van der Waals surface area contributed by atoms with Crippen molar-refractivity contribution in [3.05, 3.63) is 58.7 Å². The summed E-state index contributed by atoms with van der Waals surface area (Å²) >= 11 is 0. The fourth-order valence-corrected chi connectivity index (χ4v) is 2.76. The number of hydrogen-bond donors (Lipinski definition) is 2. The molecule has 1 heterocycles. The summed E-state index contributed by atoms with van der Waals surface area (Å²) < 4.78 is 49.6. The maximum Gasteiger partial charge on any atom is 0.416 e. The third-order valence-corrected chi connectivity index (χ3v) is 4.03. The maximum absolute atomic E-state index is 12.9. The minimum absolute atomic E-state index is 0.120. The van der Waals surface area contributed by atoms with Gasteiger partial charge in [-0.2, -0.15) is 18.3 Å². The topological polar surface area (TPSA) is 82.9 Å². The Hall–Kier alpha value is -2.90. The average molecular weight is 351 g/mol. The van der Waals surface area contributed by atoms with Crippen molar-refractivity contribution in [3.8, 4) is 11.5 Å². The van der Waals surface area contributed by atoms with E-state index in [-0.39, 0.29) is 5.84 Å². The van der Waals surface area contributed by atoms with Gasteiger partial charge in [0.1, 0.15) is 23.4 Å². The number of methoxy groups -OCH3 is 1. The molecule has 0 spiro atoms. The third kappa shape index (κ3) is 3.33. The summed E-state index contributed by atoms with van der Waals surface area (Å²) in [7, 11) is 1.50. The fraction of sp³-hybridized carbons (Fsp3) is 0.235. The molecule has 4 N–H and O–H groups in total. The molecule has 1 atom stereocenters.